The van der Waals surface area contributed by atoms with E-state index in [2.05, 4.69) is 47.0 Å². The van der Waals surface area contributed by atoms with Crippen molar-refractivity contribution in [2.75, 3.05) is 6.61 Å². The van der Waals surface area contributed by atoms with Gasteiger partial charge in [0, 0.05) is 12.0 Å². The minimum absolute atomic E-state index is 0.112. The highest BCUT2D eigenvalue weighted by Crippen LogP contribution is 2.40. The summed E-state index contributed by atoms with van der Waals surface area (Å²) in [6.07, 6.45) is 11.0. The maximum atomic E-state index is 12.8. The van der Waals surface area contributed by atoms with Crippen LogP contribution in [0.5, 0.6) is 17.2 Å². The van der Waals surface area contributed by atoms with Crippen LogP contribution < -0.4 is 14.2 Å². The Morgan fingerprint density at radius 3 is 2.07 bits per heavy atom. The van der Waals surface area contributed by atoms with Crippen LogP contribution in [0.15, 0.2) is 48.5 Å². The van der Waals surface area contributed by atoms with Gasteiger partial charge >= 0.3 is 5.97 Å². The number of carbonyl (C=O) groups excluding carboxylic acids is 1. The van der Waals surface area contributed by atoms with E-state index in [9.17, 15) is 4.79 Å². The zero-order chi connectivity index (χ0) is 29.9. The first-order valence-corrected chi connectivity index (χ1v) is 23.1. The van der Waals surface area contributed by atoms with Gasteiger partial charge in [-0.1, -0.05) is 71.9 Å². The van der Waals surface area contributed by atoms with E-state index in [1.54, 1.807) is 24.3 Å². The van der Waals surface area contributed by atoms with E-state index >= 15 is 0 Å². The average molecular weight is 599 g/mol. The Morgan fingerprint density at radius 1 is 0.829 bits per heavy atom. The van der Waals surface area contributed by atoms with Crippen LogP contribution in [0.4, 0.5) is 0 Å². The molecule has 0 aliphatic carbocycles. The molecule has 2 aromatic carbocycles. The van der Waals surface area contributed by atoms with E-state index in [1.807, 2.05) is 24.3 Å². The largest absolute Gasteiger partial charge is 0.494 e. The van der Waals surface area contributed by atoms with E-state index in [1.165, 1.54) is 38.1 Å². The second-order valence-electron chi connectivity index (χ2n) is 12.9. The molecule has 0 bridgehead atoms. The molecule has 3 rings (SSSR count). The molecule has 2 aromatic rings. The van der Waals surface area contributed by atoms with Gasteiger partial charge in [0.2, 0.25) is 0 Å². The van der Waals surface area contributed by atoms with Gasteiger partial charge in [-0.05, 0) is 87.4 Å². The number of hydrogen-bond acceptors (Lipinski definition) is 5. The maximum absolute atomic E-state index is 12.8. The lowest BCUT2D eigenvalue weighted by Crippen LogP contribution is -2.65. The third-order valence-corrected chi connectivity index (χ3v) is 25.4. The molecule has 0 aromatic heterocycles. The molecule has 5 nitrogen and oxygen atoms in total. The van der Waals surface area contributed by atoms with E-state index in [-0.39, 0.29) is 18.2 Å². The monoisotopic (exact) mass is 598 g/mol. The van der Waals surface area contributed by atoms with Crippen LogP contribution in [-0.2, 0) is 4.43 Å². The number of ether oxygens (including phenoxy) is 3. The van der Waals surface area contributed by atoms with Crippen molar-refractivity contribution in [3.8, 4) is 17.2 Å². The standard InChI is InChI=1S/C34H54O5Si2/c1-8-10-12-13-14-15-25-36-29-21-23-31(24-22-29)38-34(35)28-17-19-30(20-18-28)37-33(16-11-9-2)32-26-40(4,5)41(6,7)39-27(32)3/h17-24,27,32-33H,8-16,25-26H2,1-7H3. The van der Waals surface area contributed by atoms with Crippen molar-refractivity contribution >= 4 is 21.4 Å². The van der Waals surface area contributed by atoms with E-state index < -0.39 is 15.4 Å². The molecule has 0 saturated carbocycles. The fraction of sp³-hybridized carbons (Fsp3) is 0.618. The lowest BCUT2D eigenvalue weighted by Gasteiger charge is -2.50. The Morgan fingerprint density at radius 2 is 1.41 bits per heavy atom. The highest BCUT2D eigenvalue weighted by molar-refractivity contribution is 7.38. The molecule has 0 spiro atoms. The van der Waals surface area contributed by atoms with Crippen LogP contribution in [0.1, 0.15) is 88.9 Å². The highest BCUT2D eigenvalue weighted by Gasteiger charge is 2.52. The Bertz CT molecular complexity index is 1050. The smallest absolute Gasteiger partial charge is 0.343 e. The zero-order valence-corrected chi connectivity index (χ0v) is 28.7. The minimum Gasteiger partial charge on any atom is -0.494 e. The van der Waals surface area contributed by atoms with Crippen LogP contribution >= 0.6 is 0 Å². The Kier molecular flexibility index (Phi) is 13.0. The number of rotatable bonds is 16. The second-order valence-corrected chi connectivity index (χ2v) is 28.0. The Balaban J connectivity index is 1.53. The summed E-state index contributed by atoms with van der Waals surface area (Å²) in [6.45, 7) is 17.2. The van der Waals surface area contributed by atoms with Crippen molar-refractivity contribution in [3.63, 3.8) is 0 Å². The summed E-state index contributed by atoms with van der Waals surface area (Å²) in [7, 11) is -3.09. The summed E-state index contributed by atoms with van der Waals surface area (Å²) in [6, 6.07) is 15.9. The van der Waals surface area contributed by atoms with Crippen LogP contribution in [0.3, 0.4) is 0 Å². The van der Waals surface area contributed by atoms with Gasteiger partial charge in [0.25, 0.3) is 0 Å². The molecule has 3 unspecified atom stereocenters. The van der Waals surface area contributed by atoms with Crippen molar-refractivity contribution < 1.29 is 23.4 Å². The van der Waals surface area contributed by atoms with E-state index in [0.717, 1.165) is 37.2 Å². The highest BCUT2D eigenvalue weighted by atomic mass is 29.3. The first kappa shape index (κ1) is 33.4. The Hall–Kier alpha value is -2.10. The molecule has 228 valence electrons. The molecule has 0 radical (unpaired) electrons. The molecule has 41 heavy (non-hydrogen) atoms. The van der Waals surface area contributed by atoms with Gasteiger partial charge in [0.15, 0.2) is 7.83 Å². The fourth-order valence-electron chi connectivity index (χ4n) is 5.60. The summed E-state index contributed by atoms with van der Waals surface area (Å²) in [5, 5.41) is 0. The summed E-state index contributed by atoms with van der Waals surface area (Å²) >= 11 is 0. The summed E-state index contributed by atoms with van der Waals surface area (Å²) in [4.78, 5) is 12.8. The number of benzene rings is 2. The third kappa shape index (κ3) is 10.00. The average Bonchev–Trinajstić information content (AvgIpc) is 2.93. The molecular formula is C34H54O5Si2. The molecule has 1 saturated heterocycles. The molecule has 1 fully saturated rings. The molecule has 1 aliphatic rings. The molecule has 7 heteroatoms. The van der Waals surface area contributed by atoms with Crippen molar-refractivity contribution in [1.82, 2.24) is 0 Å². The number of carbonyl (C=O) groups is 1. The predicted octanol–water partition coefficient (Wildman–Crippen LogP) is 9.61. The van der Waals surface area contributed by atoms with E-state index in [4.69, 9.17) is 18.6 Å². The van der Waals surface area contributed by atoms with Gasteiger partial charge in [-0.2, -0.15) is 0 Å². The lowest BCUT2D eigenvalue weighted by atomic mass is 9.94. The van der Waals surface area contributed by atoms with Gasteiger partial charge < -0.3 is 18.6 Å². The molecule has 0 N–H and O–H groups in total. The summed E-state index contributed by atoms with van der Waals surface area (Å²) < 4.78 is 24.8. The zero-order valence-electron chi connectivity index (χ0n) is 26.7. The maximum Gasteiger partial charge on any atom is 0.343 e. The van der Waals surface area contributed by atoms with Gasteiger partial charge in [0.1, 0.15) is 23.4 Å². The normalized spacial score (nSPS) is 20.3. The second kappa shape index (κ2) is 15.9. The lowest BCUT2D eigenvalue weighted by molar-refractivity contribution is 0.0447. The van der Waals surface area contributed by atoms with E-state index in [0.29, 0.717) is 23.8 Å². The van der Waals surface area contributed by atoms with Crippen molar-refractivity contribution in [1.29, 1.82) is 0 Å². The topological polar surface area (TPSA) is 54.0 Å². The van der Waals surface area contributed by atoms with Crippen LogP contribution in [0.2, 0.25) is 32.2 Å². The van der Waals surface area contributed by atoms with Gasteiger partial charge in [-0.3, -0.25) is 0 Å². The third-order valence-electron chi connectivity index (χ3n) is 8.96. The fourth-order valence-corrected chi connectivity index (χ4v) is 13.0. The van der Waals surface area contributed by atoms with Gasteiger partial charge in [-0.15, -0.1) is 0 Å². The van der Waals surface area contributed by atoms with Crippen molar-refractivity contribution in [2.45, 2.75) is 123 Å². The minimum atomic E-state index is -1.64. The van der Waals surface area contributed by atoms with Crippen LogP contribution in [-0.4, -0.2) is 40.2 Å². The van der Waals surface area contributed by atoms with Gasteiger partial charge in [-0.25, -0.2) is 4.79 Å². The number of hydrogen-bond donors (Lipinski definition) is 0. The molecule has 0 amide bonds. The van der Waals surface area contributed by atoms with Crippen molar-refractivity contribution in [2.24, 2.45) is 5.92 Å². The first-order chi connectivity index (χ1) is 19.6. The molecule has 1 aliphatic heterocycles. The SMILES string of the molecule is CCCCCCCCOc1ccc(OC(=O)c2ccc(OC(CCCC)C3C[Si](C)(C)[Si](C)(C)OC3C)cc2)cc1. The number of esters is 1. The summed E-state index contributed by atoms with van der Waals surface area (Å²) in [5.74, 6) is 2.11. The quantitative estimate of drug-likeness (QED) is 0.0833. The summed E-state index contributed by atoms with van der Waals surface area (Å²) in [5.41, 5.74) is 0.501. The molecule has 1 heterocycles. The predicted molar refractivity (Wildman–Crippen MR) is 174 cm³/mol. The molecule has 3 atom stereocenters. The number of unbranched alkanes of at least 4 members (excludes halogenated alkanes) is 6. The Labute approximate surface area is 251 Å². The van der Waals surface area contributed by atoms with Crippen molar-refractivity contribution in [3.05, 3.63) is 54.1 Å². The first-order valence-electron chi connectivity index (χ1n) is 16.0. The van der Waals surface area contributed by atoms with Gasteiger partial charge in [0.05, 0.1) is 19.8 Å². The molecular weight excluding hydrogens is 545 g/mol. The van der Waals surface area contributed by atoms with Crippen LogP contribution in [0, 0.1) is 5.92 Å². The van der Waals surface area contributed by atoms with Crippen LogP contribution in [0.25, 0.3) is 0 Å².